The maximum atomic E-state index is 11.7. The van der Waals surface area contributed by atoms with E-state index in [2.05, 4.69) is 20.5 Å². The lowest BCUT2D eigenvalue weighted by molar-refractivity contribution is 0.436. The lowest BCUT2D eigenvalue weighted by Gasteiger charge is -2.14. The van der Waals surface area contributed by atoms with Crippen LogP contribution in [0.4, 0.5) is 22.7 Å². The summed E-state index contributed by atoms with van der Waals surface area (Å²) in [4.78, 5) is -1.67. The Morgan fingerprint density at radius 2 is 1.38 bits per heavy atom. The van der Waals surface area contributed by atoms with Crippen molar-refractivity contribution in [2.75, 3.05) is 0 Å². The van der Waals surface area contributed by atoms with E-state index in [4.69, 9.17) is 0 Å². The van der Waals surface area contributed by atoms with Crippen molar-refractivity contribution in [3.05, 3.63) is 77.9 Å². The Kier molecular flexibility index (Phi) is 6.88. The fourth-order valence-electron chi connectivity index (χ4n) is 3.48. The van der Waals surface area contributed by atoms with Crippen molar-refractivity contribution in [2.24, 2.45) is 20.5 Å². The number of benzene rings is 4. The summed E-state index contributed by atoms with van der Waals surface area (Å²) in [5, 5.41) is 26.9. The van der Waals surface area contributed by atoms with Gasteiger partial charge in [0, 0.05) is 5.39 Å². The van der Waals surface area contributed by atoms with Gasteiger partial charge in [-0.15, -0.1) is 5.11 Å². The highest BCUT2D eigenvalue weighted by atomic mass is 32.2. The van der Waals surface area contributed by atoms with Gasteiger partial charge in [-0.05, 0) is 72.8 Å². The normalized spacial score (nSPS) is 12.6. The molecule has 11 nitrogen and oxygen atoms in total. The van der Waals surface area contributed by atoms with E-state index in [1.807, 2.05) is 31.2 Å². The van der Waals surface area contributed by atoms with Crippen molar-refractivity contribution in [1.82, 2.24) is 0 Å². The second kappa shape index (κ2) is 9.78. The monoisotopic (exact) mass is 538 g/mol. The first-order chi connectivity index (χ1) is 17.3. The summed E-state index contributed by atoms with van der Waals surface area (Å²) in [6.07, 6.45) is 0. The highest BCUT2D eigenvalue weighted by molar-refractivity contribution is 7.86. The number of aryl methyl sites for hydroxylation is 2. The minimum atomic E-state index is -5.18. The van der Waals surface area contributed by atoms with Crippen molar-refractivity contribution in [1.29, 1.82) is 0 Å². The van der Waals surface area contributed by atoms with Gasteiger partial charge in [-0.2, -0.15) is 15.3 Å². The zero-order valence-corrected chi connectivity index (χ0v) is 21.0. The molecule has 4 rings (SSSR count). The topological polar surface area (TPSA) is 184 Å². The van der Waals surface area contributed by atoms with E-state index >= 15 is 0 Å². The average Bonchev–Trinajstić information content (AvgIpc) is 2.82. The Hall–Kier alpha value is -4.04. The van der Waals surface area contributed by atoms with Crippen molar-refractivity contribution in [2.45, 2.75) is 23.6 Å². The first kappa shape index (κ1) is 26.0. The molecule has 190 valence electrons. The van der Waals surface area contributed by atoms with E-state index in [9.17, 15) is 31.0 Å². The first-order valence-electron chi connectivity index (χ1n) is 10.6. The Bertz CT molecular complexity index is 1820. The predicted molar refractivity (Wildman–Crippen MR) is 132 cm³/mol. The molecule has 0 unspecified atom stereocenters. The van der Waals surface area contributed by atoms with E-state index in [0.29, 0.717) is 22.6 Å². The van der Waals surface area contributed by atoms with Gasteiger partial charge in [-0.3, -0.25) is 0 Å². The van der Waals surface area contributed by atoms with Crippen molar-refractivity contribution in [3.63, 3.8) is 0 Å². The Morgan fingerprint density at radius 3 is 2.03 bits per heavy atom. The number of hydrogen-bond acceptors (Lipinski definition) is 11. The van der Waals surface area contributed by atoms with E-state index < -0.39 is 35.8 Å². The number of phenolic OH excluding ortho intramolecular Hbond substituents is 1. The van der Waals surface area contributed by atoms with Gasteiger partial charge in [0.15, 0.2) is 5.75 Å². The average molecular weight is 539 g/mol. The van der Waals surface area contributed by atoms with Crippen LogP contribution in [0, 0.1) is 13.8 Å². The number of hydrogen-bond donors (Lipinski definition) is 1. The third-order valence-corrected chi connectivity index (χ3v) is 7.09. The molecule has 0 saturated heterocycles. The molecule has 0 aliphatic heterocycles. The summed E-state index contributed by atoms with van der Waals surface area (Å²) in [7, 11) is -10.0. The quantitative estimate of drug-likeness (QED) is 0.237. The zero-order chi connectivity index (χ0) is 27.0. The molecule has 1 N–H and O–H groups in total. The van der Waals surface area contributed by atoms with Crippen molar-refractivity contribution < 1.29 is 31.0 Å². The van der Waals surface area contributed by atoms with Crippen LogP contribution in [-0.4, -0.2) is 31.0 Å². The minimum Gasteiger partial charge on any atom is -0.744 e. The van der Waals surface area contributed by atoms with Crippen LogP contribution in [0.1, 0.15) is 11.1 Å². The summed E-state index contributed by atoms with van der Waals surface area (Å²) >= 11 is 0. The molecule has 13 heteroatoms. The summed E-state index contributed by atoms with van der Waals surface area (Å²) in [6, 6.07) is 16.2. The van der Waals surface area contributed by atoms with Gasteiger partial charge in [0.05, 0.1) is 26.9 Å². The predicted octanol–water partition coefficient (Wildman–Crippen LogP) is 5.80. The SMILES string of the molecule is Cc1ccccc1N=Nc1ccc(N=Nc2c(O)c(S(=O)(=O)[O-])cc3cc(S(=O)(=O)[O-])ccc23)c(C)c1. The Labute approximate surface area is 212 Å². The van der Waals surface area contributed by atoms with Gasteiger partial charge in [0.1, 0.15) is 25.9 Å². The van der Waals surface area contributed by atoms with Gasteiger partial charge >= 0.3 is 0 Å². The number of aromatic hydroxyl groups is 1. The summed E-state index contributed by atoms with van der Waals surface area (Å²) < 4.78 is 69.3. The fourth-order valence-corrected chi connectivity index (χ4v) is 4.59. The van der Waals surface area contributed by atoms with Crippen LogP contribution in [0.3, 0.4) is 0 Å². The molecule has 37 heavy (non-hydrogen) atoms. The molecule has 0 amide bonds. The highest BCUT2D eigenvalue weighted by Crippen LogP contribution is 2.42. The Morgan fingerprint density at radius 1 is 0.703 bits per heavy atom. The summed E-state index contributed by atoms with van der Waals surface area (Å²) in [5.41, 5.74) is 2.80. The van der Waals surface area contributed by atoms with Gasteiger partial charge in [0.25, 0.3) is 0 Å². The smallest absolute Gasteiger partial charge is 0.161 e. The van der Waals surface area contributed by atoms with E-state index in [1.165, 1.54) is 0 Å². The molecule has 0 aliphatic rings. The second-order valence-corrected chi connectivity index (χ2v) is 10.7. The van der Waals surface area contributed by atoms with Gasteiger partial charge in [0.2, 0.25) is 0 Å². The fraction of sp³-hybridized carbons (Fsp3) is 0.0833. The van der Waals surface area contributed by atoms with E-state index in [-0.39, 0.29) is 16.5 Å². The molecule has 0 atom stereocenters. The summed E-state index contributed by atoms with van der Waals surface area (Å²) in [5.74, 6) is -0.953. The second-order valence-electron chi connectivity index (χ2n) is 8.02. The summed E-state index contributed by atoms with van der Waals surface area (Å²) in [6.45, 7) is 3.64. The molecule has 0 saturated carbocycles. The van der Waals surface area contributed by atoms with Crippen molar-refractivity contribution >= 4 is 53.8 Å². The maximum Gasteiger partial charge on any atom is 0.161 e. The van der Waals surface area contributed by atoms with Crippen LogP contribution in [-0.2, 0) is 20.2 Å². The maximum absolute atomic E-state index is 11.7. The highest BCUT2D eigenvalue weighted by Gasteiger charge is 2.18. The minimum absolute atomic E-state index is 0.0716. The molecule has 4 aromatic rings. The van der Waals surface area contributed by atoms with E-state index in [0.717, 1.165) is 29.8 Å². The standard InChI is InChI=1S/C24H20N4O7S2/c1-14-5-3-4-6-20(14)26-25-17-7-10-21(15(2)11-17)27-28-23-19-9-8-18(36(30,31)32)12-16(19)13-22(24(23)29)37(33,34)35/h3-13,29H,1-2H3,(H,30,31,32)(H,33,34,35)/p-2. The number of azo groups is 2. The van der Waals surface area contributed by atoms with Gasteiger partial charge in [-0.25, -0.2) is 16.8 Å². The zero-order valence-electron chi connectivity index (χ0n) is 19.4. The van der Waals surface area contributed by atoms with Crippen LogP contribution in [0.25, 0.3) is 10.8 Å². The number of fused-ring (bicyclic) bond motifs is 1. The molecular formula is C24H18N4O7S2-2. The third-order valence-electron chi connectivity index (χ3n) is 5.41. The molecule has 0 fully saturated rings. The van der Waals surface area contributed by atoms with Crippen LogP contribution < -0.4 is 0 Å². The number of phenols is 1. The van der Waals surface area contributed by atoms with Crippen molar-refractivity contribution in [3.8, 4) is 5.75 Å². The van der Waals surface area contributed by atoms with Crippen LogP contribution in [0.5, 0.6) is 5.75 Å². The first-order valence-corrected chi connectivity index (χ1v) is 13.4. The largest absolute Gasteiger partial charge is 0.744 e. The number of nitrogens with zero attached hydrogens (tertiary/aromatic N) is 4. The molecule has 0 aromatic heterocycles. The molecule has 0 heterocycles. The van der Waals surface area contributed by atoms with Crippen LogP contribution in [0.15, 0.2) is 97.0 Å². The molecule has 0 aliphatic carbocycles. The molecule has 4 aromatic carbocycles. The number of rotatable bonds is 6. The molecular weight excluding hydrogens is 520 g/mol. The Balaban J connectivity index is 1.76. The molecule has 0 spiro atoms. The molecule has 0 bridgehead atoms. The van der Waals surface area contributed by atoms with E-state index in [1.54, 1.807) is 25.1 Å². The van der Waals surface area contributed by atoms with Gasteiger partial charge < -0.3 is 14.2 Å². The lowest BCUT2D eigenvalue weighted by Crippen LogP contribution is -2.01. The van der Waals surface area contributed by atoms with Crippen LogP contribution in [0.2, 0.25) is 0 Å². The van der Waals surface area contributed by atoms with Gasteiger partial charge in [-0.1, -0.05) is 24.3 Å². The lowest BCUT2D eigenvalue weighted by atomic mass is 10.1. The van der Waals surface area contributed by atoms with Crippen LogP contribution >= 0.6 is 0 Å². The molecule has 0 radical (unpaired) electrons. The third kappa shape index (κ3) is 5.70.